The number of amides is 1. The standard InChI is InChI=1S/C25H25N5O3/c1-17-3-4-19(27-24(31)18-7-12-33-15-18)13-23(17)30-16-26-22-6-5-20(14-21(22)25(30)32)29-10-8-28(2)9-11-29/h3-7,12-16H,8-11H2,1-2H3,(H,27,31)/p+1. The normalized spacial score (nSPS) is 14.5. The number of benzene rings is 2. The van der Waals surface area contributed by atoms with Crippen molar-refractivity contribution in [3.8, 4) is 5.69 Å². The minimum atomic E-state index is -0.277. The first-order valence-corrected chi connectivity index (χ1v) is 11.0. The van der Waals surface area contributed by atoms with Gasteiger partial charge in [-0.05, 0) is 48.9 Å². The van der Waals surface area contributed by atoms with Crippen molar-refractivity contribution < 1.29 is 14.1 Å². The molecule has 1 aliphatic heterocycles. The first kappa shape index (κ1) is 21.0. The van der Waals surface area contributed by atoms with Gasteiger partial charge in [-0.2, -0.15) is 0 Å². The third-order valence-electron chi connectivity index (χ3n) is 6.23. The van der Waals surface area contributed by atoms with Crippen molar-refractivity contribution in [2.45, 2.75) is 6.92 Å². The highest BCUT2D eigenvalue weighted by atomic mass is 16.3. The van der Waals surface area contributed by atoms with Crippen molar-refractivity contribution in [3.05, 3.63) is 82.8 Å². The van der Waals surface area contributed by atoms with Gasteiger partial charge in [0, 0.05) is 11.4 Å². The van der Waals surface area contributed by atoms with Crippen LogP contribution in [-0.4, -0.2) is 48.7 Å². The Hall–Kier alpha value is -3.91. The Kier molecular flexibility index (Phi) is 5.43. The third-order valence-corrected chi connectivity index (χ3v) is 6.23. The molecule has 1 saturated heterocycles. The van der Waals surface area contributed by atoms with E-state index >= 15 is 0 Å². The van der Waals surface area contributed by atoms with Crippen LogP contribution in [-0.2, 0) is 0 Å². The maximum atomic E-state index is 13.5. The highest BCUT2D eigenvalue weighted by Crippen LogP contribution is 2.22. The number of furan rings is 1. The number of nitrogens with one attached hydrogen (secondary N) is 2. The maximum Gasteiger partial charge on any atom is 0.265 e. The van der Waals surface area contributed by atoms with Gasteiger partial charge in [0.25, 0.3) is 11.5 Å². The zero-order valence-corrected chi connectivity index (χ0v) is 18.7. The van der Waals surface area contributed by atoms with E-state index in [4.69, 9.17) is 4.42 Å². The lowest BCUT2D eigenvalue weighted by atomic mass is 10.1. The lowest BCUT2D eigenvalue weighted by molar-refractivity contribution is -0.880. The van der Waals surface area contributed by atoms with E-state index in [1.54, 1.807) is 23.0 Å². The largest absolute Gasteiger partial charge is 0.472 e. The van der Waals surface area contributed by atoms with Gasteiger partial charge in [0.05, 0.1) is 61.6 Å². The molecule has 1 amide bonds. The van der Waals surface area contributed by atoms with Crippen LogP contribution in [0.5, 0.6) is 0 Å². The lowest BCUT2D eigenvalue weighted by Gasteiger charge is -2.31. The molecule has 5 rings (SSSR count). The molecule has 0 saturated carbocycles. The van der Waals surface area contributed by atoms with Crippen LogP contribution in [0.2, 0.25) is 0 Å². The number of nitrogens with zero attached hydrogens (tertiary/aromatic N) is 3. The summed E-state index contributed by atoms with van der Waals surface area (Å²) in [4.78, 5) is 34.3. The molecule has 1 fully saturated rings. The fraction of sp³-hybridized carbons (Fsp3) is 0.240. The summed E-state index contributed by atoms with van der Waals surface area (Å²) in [5.41, 5.74) is 4.17. The predicted molar refractivity (Wildman–Crippen MR) is 128 cm³/mol. The molecule has 2 N–H and O–H groups in total. The molecular formula is C25H26N5O3+. The van der Waals surface area contributed by atoms with Crippen molar-refractivity contribution in [2.75, 3.05) is 43.4 Å². The van der Waals surface area contributed by atoms with Crippen molar-refractivity contribution >= 4 is 28.2 Å². The van der Waals surface area contributed by atoms with Crippen molar-refractivity contribution in [2.24, 2.45) is 0 Å². The predicted octanol–water partition coefficient (Wildman–Crippen LogP) is 1.87. The van der Waals surface area contributed by atoms with Gasteiger partial charge >= 0.3 is 0 Å². The average Bonchev–Trinajstić information content (AvgIpc) is 3.37. The highest BCUT2D eigenvalue weighted by Gasteiger charge is 2.18. The molecule has 3 heterocycles. The third kappa shape index (κ3) is 4.12. The summed E-state index contributed by atoms with van der Waals surface area (Å²) in [6.07, 6.45) is 4.39. The Bertz CT molecular complexity index is 1370. The van der Waals surface area contributed by atoms with E-state index in [0.29, 0.717) is 27.8 Å². The molecular weight excluding hydrogens is 418 g/mol. The van der Waals surface area contributed by atoms with E-state index in [0.717, 1.165) is 37.4 Å². The van der Waals surface area contributed by atoms with E-state index in [2.05, 4.69) is 22.2 Å². The van der Waals surface area contributed by atoms with Crippen LogP contribution in [0, 0.1) is 6.92 Å². The van der Waals surface area contributed by atoms with Gasteiger partial charge in [-0.25, -0.2) is 4.98 Å². The fourth-order valence-corrected chi connectivity index (χ4v) is 4.17. The molecule has 0 spiro atoms. The average molecular weight is 445 g/mol. The molecule has 0 atom stereocenters. The van der Waals surface area contributed by atoms with Crippen LogP contribution in [0.3, 0.4) is 0 Å². The quantitative estimate of drug-likeness (QED) is 0.502. The van der Waals surface area contributed by atoms with E-state index in [9.17, 15) is 9.59 Å². The summed E-state index contributed by atoms with van der Waals surface area (Å²) in [5.74, 6) is -0.277. The molecule has 8 nitrogen and oxygen atoms in total. The second-order valence-electron chi connectivity index (χ2n) is 8.53. The molecule has 168 valence electrons. The van der Waals surface area contributed by atoms with Gasteiger partial charge < -0.3 is 19.5 Å². The second-order valence-corrected chi connectivity index (χ2v) is 8.53. The maximum absolute atomic E-state index is 13.5. The number of anilines is 2. The summed E-state index contributed by atoms with van der Waals surface area (Å²) in [6.45, 7) is 6.00. The van der Waals surface area contributed by atoms with Gasteiger partial charge in [-0.15, -0.1) is 0 Å². The Labute approximate surface area is 191 Å². The van der Waals surface area contributed by atoms with Gasteiger partial charge in [-0.1, -0.05) is 6.07 Å². The number of piperazine rings is 1. The Morgan fingerprint density at radius 2 is 1.94 bits per heavy atom. The second kappa shape index (κ2) is 8.55. The monoisotopic (exact) mass is 444 g/mol. The fourth-order valence-electron chi connectivity index (χ4n) is 4.17. The Morgan fingerprint density at radius 3 is 2.70 bits per heavy atom. The summed E-state index contributed by atoms with van der Waals surface area (Å²) >= 11 is 0. The van der Waals surface area contributed by atoms with Crippen molar-refractivity contribution in [3.63, 3.8) is 0 Å². The van der Waals surface area contributed by atoms with E-state index in [1.807, 2.05) is 37.3 Å². The minimum absolute atomic E-state index is 0.136. The first-order chi connectivity index (χ1) is 16.0. The summed E-state index contributed by atoms with van der Waals surface area (Å²) in [6, 6.07) is 13.0. The molecule has 0 unspecified atom stereocenters. The van der Waals surface area contributed by atoms with Gasteiger partial charge in [-0.3, -0.25) is 14.2 Å². The smallest absolute Gasteiger partial charge is 0.265 e. The lowest BCUT2D eigenvalue weighted by Crippen LogP contribution is -3.12. The molecule has 33 heavy (non-hydrogen) atoms. The Morgan fingerprint density at radius 1 is 1.12 bits per heavy atom. The number of hydrogen-bond acceptors (Lipinski definition) is 5. The molecule has 0 bridgehead atoms. The van der Waals surface area contributed by atoms with Crippen LogP contribution in [0.1, 0.15) is 15.9 Å². The molecule has 0 aliphatic carbocycles. The molecule has 4 aromatic rings. The van der Waals surface area contributed by atoms with E-state index in [-0.39, 0.29) is 11.5 Å². The summed E-state index contributed by atoms with van der Waals surface area (Å²) in [5, 5.41) is 3.43. The minimum Gasteiger partial charge on any atom is -0.472 e. The van der Waals surface area contributed by atoms with E-state index < -0.39 is 0 Å². The molecule has 2 aromatic heterocycles. The number of quaternary nitrogens is 1. The molecule has 0 radical (unpaired) electrons. The number of carbonyl (C=O) groups is 1. The molecule has 8 heteroatoms. The number of hydrogen-bond donors (Lipinski definition) is 2. The number of aromatic nitrogens is 2. The topological polar surface area (TPSA) is 84.8 Å². The van der Waals surface area contributed by atoms with Crippen LogP contribution in [0.4, 0.5) is 11.4 Å². The van der Waals surface area contributed by atoms with Crippen molar-refractivity contribution in [1.29, 1.82) is 0 Å². The van der Waals surface area contributed by atoms with Crippen LogP contribution in [0.25, 0.3) is 16.6 Å². The molecule has 1 aliphatic rings. The number of fused-ring (bicyclic) bond motifs is 1. The van der Waals surface area contributed by atoms with Gasteiger partial charge in [0.15, 0.2) is 0 Å². The number of carbonyl (C=O) groups excluding carboxylic acids is 1. The first-order valence-electron chi connectivity index (χ1n) is 11.0. The SMILES string of the molecule is Cc1ccc(NC(=O)c2ccoc2)cc1-n1cnc2ccc(N3CC[NH+](C)CC3)cc2c1=O. The summed E-state index contributed by atoms with van der Waals surface area (Å²) < 4.78 is 6.53. The molecule has 2 aromatic carbocycles. The highest BCUT2D eigenvalue weighted by molar-refractivity contribution is 6.04. The Balaban J connectivity index is 1.51. The van der Waals surface area contributed by atoms with Gasteiger partial charge in [0.2, 0.25) is 0 Å². The number of likely N-dealkylation sites (N-methyl/N-ethyl adjacent to an activating group) is 1. The van der Waals surface area contributed by atoms with Crippen molar-refractivity contribution in [1.82, 2.24) is 9.55 Å². The zero-order chi connectivity index (χ0) is 22.9. The number of rotatable bonds is 4. The number of aryl methyl sites for hydroxylation is 1. The van der Waals surface area contributed by atoms with E-state index in [1.165, 1.54) is 17.4 Å². The van der Waals surface area contributed by atoms with Gasteiger partial charge in [0.1, 0.15) is 12.6 Å². The van der Waals surface area contributed by atoms with Crippen LogP contribution < -0.4 is 20.7 Å². The van der Waals surface area contributed by atoms with Crippen LogP contribution >= 0.6 is 0 Å². The zero-order valence-electron chi connectivity index (χ0n) is 18.7. The summed E-state index contributed by atoms with van der Waals surface area (Å²) in [7, 11) is 2.20. The van der Waals surface area contributed by atoms with Crippen LogP contribution in [0.15, 0.2) is 70.5 Å².